The molecule has 0 aromatic heterocycles. The number of aliphatic hydroxyl groups excluding tert-OH is 13. The van der Waals surface area contributed by atoms with Gasteiger partial charge >= 0.3 is 0 Å². The van der Waals surface area contributed by atoms with Gasteiger partial charge in [0, 0.05) is 11.3 Å². The maximum absolute atomic E-state index is 12.4. The minimum Gasteiger partial charge on any atom is -0.394 e. The molecule has 0 aromatic rings. The van der Waals surface area contributed by atoms with E-state index in [1.54, 1.807) is 0 Å². The third-order valence-corrected chi connectivity index (χ3v) is 21.9. The lowest BCUT2D eigenvalue weighted by Crippen LogP contribution is -2.74. The Morgan fingerprint density at radius 2 is 1.11 bits per heavy atom. The molecule has 10 aliphatic rings. The largest absolute Gasteiger partial charge is 0.394 e. The standard InChI is InChI=1S/C52H86O22/c1-46(2)14-15-51-28(16-46)52(74-45(51)65)13-9-27-48(5)11-10-30(47(3,4)26(48)8-12-49(27,6)50(52,7)17-29(51)56)71-43-39(73-42-38(64)35(61)32(58)23(18-53)68-42)34(60)25(21-67-43)70-44-40(36(62)33(59)24(19-54)69-44)72-41-37(63)31(57)22(55)20-66-41/h22-45,53-65H,8-21H2,1-7H3/t22-,23-,24-,25+,26?,27-,28?,29-,30+,31+,32-,33-,34+,35+,36+,37-,38-,39-,40-,41+,42+,43+,44+,45?,48+,49-,50+,51-,52+/m1/s1. The number of ether oxygens (including phenoxy) is 9. The molecule has 5 aliphatic heterocycles. The van der Waals surface area contributed by atoms with E-state index in [4.69, 9.17) is 42.6 Å². The molecule has 5 saturated heterocycles. The smallest absolute Gasteiger partial charge is 0.187 e. The molecule has 5 saturated carbocycles. The predicted molar refractivity (Wildman–Crippen MR) is 251 cm³/mol. The van der Waals surface area contributed by atoms with Crippen LogP contribution in [0.5, 0.6) is 0 Å². The summed E-state index contributed by atoms with van der Waals surface area (Å²) in [5, 5.41) is 142. The van der Waals surface area contributed by atoms with Crippen LogP contribution in [0.15, 0.2) is 0 Å². The summed E-state index contributed by atoms with van der Waals surface area (Å²) in [7, 11) is 0. The van der Waals surface area contributed by atoms with Crippen LogP contribution >= 0.6 is 0 Å². The van der Waals surface area contributed by atoms with Crippen molar-refractivity contribution < 1.29 is 109 Å². The van der Waals surface area contributed by atoms with E-state index in [1.165, 1.54) is 0 Å². The third kappa shape index (κ3) is 8.31. The summed E-state index contributed by atoms with van der Waals surface area (Å²) < 4.78 is 55.7. The Hall–Kier alpha value is -0.880. The number of aliphatic hydroxyl groups is 13. The highest BCUT2D eigenvalue weighted by molar-refractivity contribution is 5.29. The molecule has 0 radical (unpaired) electrons. The van der Waals surface area contributed by atoms with Crippen LogP contribution < -0.4 is 0 Å². The Labute approximate surface area is 432 Å². The highest BCUT2D eigenvalue weighted by Crippen LogP contribution is 2.81. The summed E-state index contributed by atoms with van der Waals surface area (Å²) in [6.07, 6.45) is -24.3. The molecule has 10 fully saturated rings. The number of rotatable bonds is 10. The lowest BCUT2D eigenvalue weighted by Gasteiger charge is -2.75. The Balaban J connectivity index is 0.904. The quantitative estimate of drug-likeness (QED) is 0.108. The van der Waals surface area contributed by atoms with Crippen LogP contribution in [0.2, 0.25) is 0 Å². The van der Waals surface area contributed by atoms with Crippen molar-refractivity contribution in [3.8, 4) is 0 Å². The van der Waals surface area contributed by atoms with Gasteiger partial charge < -0.3 is 109 Å². The van der Waals surface area contributed by atoms with E-state index in [0.29, 0.717) is 12.8 Å². The zero-order chi connectivity index (χ0) is 53.6. The number of fused-ring (bicyclic) bond motifs is 4. The van der Waals surface area contributed by atoms with Gasteiger partial charge in [0.15, 0.2) is 31.5 Å². The minimum absolute atomic E-state index is 0.0262. The summed E-state index contributed by atoms with van der Waals surface area (Å²) in [5.41, 5.74) is -2.61. The van der Waals surface area contributed by atoms with Crippen LogP contribution in [0.4, 0.5) is 0 Å². The van der Waals surface area contributed by atoms with Crippen molar-refractivity contribution in [2.24, 2.45) is 50.2 Å². The van der Waals surface area contributed by atoms with Crippen LogP contribution in [-0.2, 0) is 42.6 Å². The SMILES string of the molecule is CC1(C)CC[C@]23C(O)O[C@@]4(CC[C@@H]5[C@@]6(C)CC[C@H](O[C@@H]7OC[C@H](O[C@@H]8O[C@H](CO)[C@@H](O)[C@H](O)[C@H]8O[C@@H]8OC[C@@H](O)[C@H](O)[C@H]8O)[C@H](O)[C@H]7O[C@@H]7O[C@H](CO)[C@@H](O)[C@H](O)[C@H]7O)C(C)(C)C6CC[C@@]5(C)[C@]4(C)C[C@H]2O)C3C1. The number of hydrogen-bond donors (Lipinski definition) is 13. The maximum Gasteiger partial charge on any atom is 0.187 e. The summed E-state index contributed by atoms with van der Waals surface area (Å²) in [4.78, 5) is 0. The first-order chi connectivity index (χ1) is 34.7. The zero-order valence-corrected chi connectivity index (χ0v) is 43.7. The van der Waals surface area contributed by atoms with Crippen LogP contribution in [0.1, 0.15) is 113 Å². The molecule has 5 aliphatic carbocycles. The second-order valence-electron chi connectivity index (χ2n) is 26.3. The molecule has 0 aromatic carbocycles. The van der Waals surface area contributed by atoms with E-state index in [1.807, 2.05) is 0 Å². The molecule has 426 valence electrons. The first-order valence-electron chi connectivity index (χ1n) is 27.2. The summed E-state index contributed by atoms with van der Waals surface area (Å²) >= 11 is 0. The lowest BCUT2D eigenvalue weighted by molar-refractivity contribution is -0.392. The van der Waals surface area contributed by atoms with Crippen molar-refractivity contribution in [3.05, 3.63) is 0 Å². The normalized spacial score (nSPS) is 57.9. The van der Waals surface area contributed by atoms with Crippen molar-refractivity contribution in [2.45, 2.75) is 247 Å². The molecule has 74 heavy (non-hydrogen) atoms. The van der Waals surface area contributed by atoms with Crippen molar-refractivity contribution in [2.75, 3.05) is 26.4 Å². The minimum atomic E-state index is -1.89. The Kier molecular flexibility index (Phi) is 15.0. The van der Waals surface area contributed by atoms with Crippen molar-refractivity contribution in [1.82, 2.24) is 0 Å². The zero-order valence-electron chi connectivity index (χ0n) is 43.7. The van der Waals surface area contributed by atoms with Gasteiger partial charge in [-0.3, -0.25) is 0 Å². The molecule has 0 amide bonds. The van der Waals surface area contributed by atoms with Gasteiger partial charge in [0.2, 0.25) is 0 Å². The monoisotopic (exact) mass is 1060 g/mol. The average Bonchev–Trinajstić information content (AvgIpc) is 3.56. The van der Waals surface area contributed by atoms with Crippen LogP contribution in [0.3, 0.4) is 0 Å². The summed E-state index contributed by atoms with van der Waals surface area (Å²) in [5.74, 6) is 0.380. The van der Waals surface area contributed by atoms with Gasteiger partial charge in [-0.1, -0.05) is 48.5 Å². The van der Waals surface area contributed by atoms with Crippen molar-refractivity contribution >= 4 is 0 Å². The van der Waals surface area contributed by atoms with Gasteiger partial charge in [-0.15, -0.1) is 0 Å². The fraction of sp³-hybridized carbons (Fsp3) is 1.00. The van der Waals surface area contributed by atoms with Crippen LogP contribution in [0.25, 0.3) is 0 Å². The first kappa shape index (κ1) is 56.4. The fourth-order valence-electron chi connectivity index (χ4n) is 17.5. The molecule has 10 rings (SSSR count). The molecule has 1 spiro atoms. The van der Waals surface area contributed by atoms with Gasteiger partial charge in [0.1, 0.15) is 85.5 Å². The van der Waals surface area contributed by atoms with Gasteiger partial charge in [-0.05, 0) is 97.7 Å². The predicted octanol–water partition coefficient (Wildman–Crippen LogP) is -1.75. The van der Waals surface area contributed by atoms with Gasteiger partial charge in [0.25, 0.3) is 0 Å². The maximum atomic E-state index is 12.4. The van der Waals surface area contributed by atoms with Gasteiger partial charge in [-0.2, -0.15) is 0 Å². The van der Waals surface area contributed by atoms with Crippen molar-refractivity contribution in [1.29, 1.82) is 0 Å². The van der Waals surface area contributed by atoms with Crippen LogP contribution in [0, 0.1) is 50.2 Å². The Morgan fingerprint density at radius 3 is 1.80 bits per heavy atom. The average molecular weight is 1060 g/mol. The molecular formula is C52H86O22. The van der Waals surface area contributed by atoms with E-state index in [2.05, 4.69) is 48.5 Å². The van der Waals surface area contributed by atoms with Crippen LogP contribution in [-0.4, -0.2) is 228 Å². The topological polar surface area (TPSA) is 346 Å². The molecule has 22 heteroatoms. The third-order valence-electron chi connectivity index (χ3n) is 21.9. The van der Waals surface area contributed by atoms with E-state index >= 15 is 0 Å². The van der Waals surface area contributed by atoms with E-state index in [-0.39, 0.29) is 34.0 Å². The molecule has 3 unspecified atom stereocenters. The van der Waals surface area contributed by atoms with Gasteiger partial charge in [-0.25, -0.2) is 0 Å². The second kappa shape index (κ2) is 19.7. The molecule has 29 atom stereocenters. The van der Waals surface area contributed by atoms with Crippen molar-refractivity contribution in [3.63, 3.8) is 0 Å². The molecule has 5 heterocycles. The van der Waals surface area contributed by atoms with Gasteiger partial charge in [0.05, 0.1) is 49.7 Å². The fourth-order valence-corrected chi connectivity index (χ4v) is 17.5. The van der Waals surface area contributed by atoms with E-state index in [9.17, 15) is 66.4 Å². The highest BCUT2D eigenvalue weighted by atomic mass is 16.8. The summed E-state index contributed by atoms with van der Waals surface area (Å²) in [6.45, 7) is 13.7. The van der Waals surface area contributed by atoms with E-state index < -0.39 is 177 Å². The molecule has 13 N–H and O–H groups in total. The molecule has 22 nitrogen and oxygen atoms in total. The lowest BCUT2D eigenvalue weighted by atomic mass is 9.30. The Bertz CT molecular complexity index is 2000. The molecule has 2 bridgehead atoms. The molecular weight excluding hydrogens is 977 g/mol. The second-order valence-corrected chi connectivity index (χ2v) is 26.3. The Morgan fingerprint density at radius 1 is 0.500 bits per heavy atom. The van der Waals surface area contributed by atoms with E-state index in [0.717, 1.165) is 51.4 Å². The number of hydrogen-bond acceptors (Lipinski definition) is 22. The highest BCUT2D eigenvalue weighted by Gasteiger charge is 2.82. The first-order valence-corrected chi connectivity index (χ1v) is 27.2. The summed E-state index contributed by atoms with van der Waals surface area (Å²) in [6, 6.07) is 0.